The van der Waals surface area contributed by atoms with E-state index in [2.05, 4.69) is 18.2 Å². The van der Waals surface area contributed by atoms with Crippen molar-refractivity contribution in [1.29, 1.82) is 0 Å². The lowest BCUT2D eigenvalue weighted by Gasteiger charge is -2.29. The predicted octanol–water partition coefficient (Wildman–Crippen LogP) is 5.20. The number of para-hydroxylation sites is 1. The number of fused-ring (bicyclic) bond motifs is 2. The molecule has 33 heavy (non-hydrogen) atoms. The summed E-state index contributed by atoms with van der Waals surface area (Å²) in [5.41, 5.74) is 3.36. The molecule has 0 radical (unpaired) electrons. The van der Waals surface area contributed by atoms with Crippen molar-refractivity contribution < 1.29 is 14.4 Å². The molecule has 5 heteroatoms. The number of hydrogen-bond acceptors (Lipinski definition) is 4. The van der Waals surface area contributed by atoms with E-state index in [4.69, 9.17) is 4.84 Å². The molecule has 0 aliphatic carbocycles. The Labute approximate surface area is 191 Å². The molecule has 6 rings (SSSR count). The van der Waals surface area contributed by atoms with Crippen molar-refractivity contribution in [3.05, 3.63) is 108 Å². The van der Waals surface area contributed by atoms with Crippen molar-refractivity contribution in [2.45, 2.75) is 19.1 Å². The van der Waals surface area contributed by atoms with Gasteiger partial charge in [0.1, 0.15) is 5.92 Å². The zero-order valence-corrected chi connectivity index (χ0v) is 18.1. The zero-order chi connectivity index (χ0) is 22.5. The van der Waals surface area contributed by atoms with Crippen LogP contribution in [0.4, 0.5) is 11.4 Å². The molecule has 0 bridgehead atoms. The van der Waals surface area contributed by atoms with E-state index in [1.165, 1.54) is 4.90 Å². The highest BCUT2D eigenvalue weighted by atomic mass is 16.7. The molecular formula is C28H22N2O3. The molecule has 2 fully saturated rings. The highest BCUT2D eigenvalue weighted by Crippen LogP contribution is 2.48. The summed E-state index contributed by atoms with van der Waals surface area (Å²) in [5.74, 6) is -1.20. The van der Waals surface area contributed by atoms with Gasteiger partial charge in [0.15, 0.2) is 6.10 Å². The minimum atomic E-state index is -0.873. The van der Waals surface area contributed by atoms with Crippen LogP contribution in [-0.4, -0.2) is 17.9 Å². The first-order chi connectivity index (χ1) is 16.1. The number of anilines is 2. The summed E-state index contributed by atoms with van der Waals surface area (Å²) in [6, 6.07) is 30.9. The molecule has 2 aliphatic rings. The first kappa shape index (κ1) is 19.7. The van der Waals surface area contributed by atoms with Gasteiger partial charge in [0.2, 0.25) is 5.91 Å². The Bertz CT molecular complexity index is 1380. The monoisotopic (exact) mass is 434 g/mol. The second-order valence-corrected chi connectivity index (χ2v) is 8.58. The van der Waals surface area contributed by atoms with Gasteiger partial charge < -0.3 is 0 Å². The number of rotatable bonds is 3. The molecule has 0 spiro atoms. The lowest BCUT2D eigenvalue weighted by Crippen LogP contribution is -2.37. The van der Waals surface area contributed by atoms with E-state index in [0.717, 1.165) is 27.6 Å². The number of benzene rings is 4. The summed E-state index contributed by atoms with van der Waals surface area (Å²) in [4.78, 5) is 34.9. The van der Waals surface area contributed by atoms with Gasteiger partial charge in [0.05, 0.1) is 17.4 Å². The summed E-state index contributed by atoms with van der Waals surface area (Å²) in [5, 5.41) is 3.88. The number of imide groups is 1. The molecule has 0 saturated carbocycles. The molecule has 4 aromatic carbocycles. The average Bonchev–Trinajstić information content (AvgIpc) is 3.35. The van der Waals surface area contributed by atoms with Gasteiger partial charge in [-0.25, -0.2) is 9.96 Å². The Morgan fingerprint density at radius 3 is 2.24 bits per heavy atom. The van der Waals surface area contributed by atoms with Crippen LogP contribution in [0.15, 0.2) is 97.1 Å². The highest BCUT2D eigenvalue weighted by Gasteiger charge is 2.60. The summed E-state index contributed by atoms with van der Waals surface area (Å²) < 4.78 is 0. The predicted molar refractivity (Wildman–Crippen MR) is 128 cm³/mol. The first-order valence-corrected chi connectivity index (χ1v) is 11.1. The van der Waals surface area contributed by atoms with Crippen molar-refractivity contribution in [3.8, 4) is 0 Å². The minimum Gasteiger partial charge on any atom is -0.273 e. The van der Waals surface area contributed by atoms with E-state index < -0.39 is 18.1 Å². The number of hydroxylamine groups is 1. The summed E-state index contributed by atoms with van der Waals surface area (Å²) in [7, 11) is 0. The SMILES string of the molecule is Cc1cccc(N2C(=O)C3ON(c4ccccc4)C(c4cccc5ccccc45)C3C2=O)c1. The van der Waals surface area contributed by atoms with Crippen molar-refractivity contribution >= 4 is 34.0 Å². The Kier molecular flexibility index (Phi) is 4.52. The Hall–Kier alpha value is -3.96. The molecule has 2 saturated heterocycles. The van der Waals surface area contributed by atoms with Gasteiger partial charge in [-0.2, -0.15) is 0 Å². The van der Waals surface area contributed by atoms with Gasteiger partial charge in [0, 0.05) is 0 Å². The third-order valence-electron chi connectivity index (χ3n) is 6.53. The third kappa shape index (κ3) is 3.04. The van der Waals surface area contributed by atoms with E-state index in [0.29, 0.717) is 5.69 Å². The Balaban J connectivity index is 1.51. The first-order valence-electron chi connectivity index (χ1n) is 11.1. The van der Waals surface area contributed by atoms with Gasteiger partial charge >= 0.3 is 0 Å². The summed E-state index contributed by atoms with van der Waals surface area (Å²) in [6.07, 6.45) is -0.873. The minimum absolute atomic E-state index is 0.230. The van der Waals surface area contributed by atoms with E-state index in [9.17, 15) is 9.59 Å². The molecule has 0 N–H and O–H groups in total. The number of carbonyl (C=O) groups excluding carboxylic acids is 2. The molecular weight excluding hydrogens is 412 g/mol. The normalized spacial score (nSPS) is 22.3. The second-order valence-electron chi connectivity index (χ2n) is 8.58. The van der Waals surface area contributed by atoms with Crippen molar-refractivity contribution in [2.75, 3.05) is 9.96 Å². The topological polar surface area (TPSA) is 49.9 Å². The van der Waals surface area contributed by atoms with Crippen molar-refractivity contribution in [3.63, 3.8) is 0 Å². The molecule has 3 atom stereocenters. The fourth-order valence-corrected chi connectivity index (χ4v) is 5.06. The van der Waals surface area contributed by atoms with Crippen LogP contribution in [0.25, 0.3) is 10.8 Å². The number of aryl methyl sites for hydroxylation is 1. The number of amides is 2. The molecule has 3 unspecified atom stereocenters. The third-order valence-corrected chi connectivity index (χ3v) is 6.53. The van der Waals surface area contributed by atoms with Gasteiger partial charge in [0.25, 0.3) is 5.91 Å². The van der Waals surface area contributed by atoms with Gasteiger partial charge in [-0.1, -0.05) is 72.8 Å². The zero-order valence-electron chi connectivity index (χ0n) is 18.1. The molecule has 2 heterocycles. The van der Waals surface area contributed by atoms with Crippen molar-refractivity contribution in [1.82, 2.24) is 0 Å². The second kappa shape index (κ2) is 7.57. The van der Waals surface area contributed by atoms with E-state index in [1.54, 1.807) is 11.1 Å². The van der Waals surface area contributed by atoms with E-state index >= 15 is 0 Å². The van der Waals surface area contributed by atoms with Crippen LogP contribution < -0.4 is 9.96 Å². The van der Waals surface area contributed by atoms with Crippen LogP contribution in [0.3, 0.4) is 0 Å². The maximum absolute atomic E-state index is 13.8. The van der Waals surface area contributed by atoms with Crippen molar-refractivity contribution in [2.24, 2.45) is 5.92 Å². The average molecular weight is 434 g/mol. The van der Waals surface area contributed by atoms with Gasteiger partial charge in [-0.3, -0.25) is 14.4 Å². The molecule has 162 valence electrons. The van der Waals surface area contributed by atoms with E-state index in [1.807, 2.05) is 79.7 Å². The van der Waals surface area contributed by atoms with Crippen LogP contribution in [0, 0.1) is 12.8 Å². The van der Waals surface area contributed by atoms with E-state index in [-0.39, 0.29) is 11.8 Å². The fourth-order valence-electron chi connectivity index (χ4n) is 5.06. The molecule has 0 aromatic heterocycles. The highest BCUT2D eigenvalue weighted by molar-refractivity contribution is 6.24. The maximum Gasteiger partial charge on any atom is 0.266 e. The molecule has 4 aromatic rings. The molecule has 2 amide bonds. The number of nitrogens with zero attached hydrogens (tertiary/aromatic N) is 2. The molecule has 2 aliphatic heterocycles. The fraction of sp³-hybridized carbons (Fsp3) is 0.143. The van der Waals surface area contributed by atoms with Crippen LogP contribution in [0.5, 0.6) is 0 Å². The Morgan fingerprint density at radius 1 is 0.727 bits per heavy atom. The lowest BCUT2D eigenvalue weighted by atomic mass is 9.87. The van der Waals surface area contributed by atoms with Crippen LogP contribution >= 0.6 is 0 Å². The van der Waals surface area contributed by atoms with Crippen LogP contribution in [0.2, 0.25) is 0 Å². The maximum atomic E-state index is 13.8. The largest absolute Gasteiger partial charge is 0.273 e. The standard InChI is InChI=1S/C28H22N2O3/c1-18-9-7-14-21(17-18)29-27(31)24-25(23-16-8-11-19-10-5-6-15-22(19)23)30(33-26(24)28(29)32)20-12-3-2-4-13-20/h2-17,24-26H,1H3. The quantitative estimate of drug-likeness (QED) is 0.416. The smallest absolute Gasteiger partial charge is 0.266 e. The summed E-state index contributed by atoms with van der Waals surface area (Å²) in [6.45, 7) is 1.95. The molecule has 5 nitrogen and oxygen atoms in total. The summed E-state index contributed by atoms with van der Waals surface area (Å²) >= 11 is 0. The number of hydrogen-bond donors (Lipinski definition) is 0. The van der Waals surface area contributed by atoms with Crippen LogP contribution in [0.1, 0.15) is 17.2 Å². The van der Waals surface area contributed by atoms with Gasteiger partial charge in [-0.15, -0.1) is 0 Å². The van der Waals surface area contributed by atoms with Gasteiger partial charge in [-0.05, 0) is 53.1 Å². The van der Waals surface area contributed by atoms with Crippen LogP contribution in [-0.2, 0) is 14.4 Å². The lowest BCUT2D eigenvalue weighted by molar-refractivity contribution is -0.126. The number of carbonyl (C=O) groups is 2. The Morgan fingerprint density at radius 2 is 1.42 bits per heavy atom.